The molecule has 0 amide bonds. The van der Waals surface area contributed by atoms with Crippen molar-refractivity contribution >= 4 is 11.6 Å². The van der Waals surface area contributed by atoms with Crippen LogP contribution in [-0.4, -0.2) is 7.11 Å². The number of rotatable bonds is 4. The van der Waals surface area contributed by atoms with E-state index in [0.717, 1.165) is 17.5 Å². The van der Waals surface area contributed by atoms with Crippen LogP contribution in [-0.2, 0) is 5.88 Å². The molecule has 2 atom stereocenters. The summed E-state index contributed by atoms with van der Waals surface area (Å²) in [6.45, 7) is 2.29. The van der Waals surface area contributed by atoms with Gasteiger partial charge in [0.05, 0.1) is 7.11 Å². The third kappa shape index (κ3) is 3.23. The van der Waals surface area contributed by atoms with Crippen LogP contribution in [0.1, 0.15) is 43.2 Å². The first-order chi connectivity index (χ1) is 11.1. The molecule has 23 heavy (non-hydrogen) atoms. The molecule has 0 bridgehead atoms. The van der Waals surface area contributed by atoms with Crippen LogP contribution in [0.3, 0.4) is 0 Å². The molecule has 2 aromatic carbocycles. The summed E-state index contributed by atoms with van der Waals surface area (Å²) in [7, 11) is 1.60. The van der Waals surface area contributed by atoms with E-state index in [0.29, 0.717) is 29.0 Å². The summed E-state index contributed by atoms with van der Waals surface area (Å²) in [6.07, 6.45) is 3.62. The van der Waals surface area contributed by atoms with Crippen molar-refractivity contribution < 1.29 is 9.13 Å². The molecule has 1 saturated carbocycles. The summed E-state index contributed by atoms with van der Waals surface area (Å²) in [5.74, 6) is 2.03. The Labute approximate surface area is 142 Å². The maximum atomic E-state index is 14.5. The molecule has 0 aromatic heterocycles. The highest BCUT2D eigenvalue weighted by Crippen LogP contribution is 2.44. The first-order valence-corrected chi connectivity index (χ1v) is 8.70. The van der Waals surface area contributed by atoms with Crippen molar-refractivity contribution in [3.63, 3.8) is 0 Å². The molecule has 0 aliphatic heterocycles. The molecule has 1 nitrogen and oxygen atoms in total. The Hall–Kier alpha value is -1.54. The van der Waals surface area contributed by atoms with Crippen molar-refractivity contribution in [1.29, 1.82) is 0 Å². The van der Waals surface area contributed by atoms with Crippen LogP contribution < -0.4 is 4.74 Å². The van der Waals surface area contributed by atoms with E-state index in [2.05, 4.69) is 13.0 Å². The van der Waals surface area contributed by atoms with Crippen LogP contribution in [0.5, 0.6) is 5.75 Å². The highest BCUT2D eigenvalue weighted by molar-refractivity contribution is 6.17. The van der Waals surface area contributed by atoms with Crippen molar-refractivity contribution in [2.75, 3.05) is 7.11 Å². The van der Waals surface area contributed by atoms with E-state index in [1.165, 1.54) is 24.5 Å². The molecule has 1 aliphatic carbocycles. The Morgan fingerprint density at radius 3 is 2.61 bits per heavy atom. The van der Waals surface area contributed by atoms with Gasteiger partial charge in [0.2, 0.25) is 0 Å². The molecule has 0 saturated heterocycles. The van der Waals surface area contributed by atoms with Crippen molar-refractivity contribution in [3.8, 4) is 16.9 Å². The van der Waals surface area contributed by atoms with Gasteiger partial charge in [-0.15, -0.1) is 11.6 Å². The minimum absolute atomic E-state index is 0.212. The van der Waals surface area contributed by atoms with Crippen LogP contribution in [0.4, 0.5) is 4.39 Å². The molecular weight excluding hydrogens is 311 g/mol. The maximum absolute atomic E-state index is 14.5. The number of hydrogen-bond acceptors (Lipinski definition) is 1. The Balaban J connectivity index is 2.15. The molecule has 0 heterocycles. The quantitative estimate of drug-likeness (QED) is 0.611. The van der Waals surface area contributed by atoms with Crippen LogP contribution in [0, 0.1) is 11.7 Å². The molecule has 0 unspecified atom stereocenters. The van der Waals surface area contributed by atoms with Gasteiger partial charge in [-0.2, -0.15) is 0 Å². The highest BCUT2D eigenvalue weighted by Gasteiger charge is 2.28. The Morgan fingerprint density at radius 2 is 1.96 bits per heavy atom. The standard InChI is InChI=1S/C20H22ClFO/c1-13-4-3-5-16(13)18-10-14(12-21)6-8-17(18)19-11-15(23-2)7-9-20(19)22/h6-11,13,16H,3-5,12H2,1-2H3/t13-,16+/m0/s1. The molecule has 1 aliphatic rings. The average Bonchev–Trinajstić information content (AvgIpc) is 3.01. The minimum Gasteiger partial charge on any atom is -0.497 e. The van der Waals surface area contributed by atoms with E-state index in [4.69, 9.17) is 16.3 Å². The fourth-order valence-corrected chi connectivity index (χ4v) is 3.86. The fourth-order valence-electron chi connectivity index (χ4n) is 3.69. The SMILES string of the molecule is COc1ccc(F)c(-c2ccc(CCl)cc2[C@@H]2CCC[C@@H]2C)c1. The highest BCUT2D eigenvalue weighted by atomic mass is 35.5. The molecule has 3 rings (SSSR count). The Morgan fingerprint density at radius 1 is 1.13 bits per heavy atom. The lowest BCUT2D eigenvalue weighted by atomic mass is 9.84. The lowest BCUT2D eigenvalue weighted by Crippen LogP contribution is -2.05. The number of methoxy groups -OCH3 is 1. The largest absolute Gasteiger partial charge is 0.497 e. The van der Waals surface area contributed by atoms with Crippen LogP contribution in [0.25, 0.3) is 11.1 Å². The van der Waals surface area contributed by atoms with Gasteiger partial charge in [0.1, 0.15) is 11.6 Å². The first kappa shape index (κ1) is 16.3. The Bertz CT molecular complexity index is 698. The van der Waals surface area contributed by atoms with Crippen molar-refractivity contribution in [1.82, 2.24) is 0 Å². The van der Waals surface area contributed by atoms with Gasteiger partial charge >= 0.3 is 0 Å². The second-order valence-corrected chi connectivity index (χ2v) is 6.68. The van der Waals surface area contributed by atoms with E-state index < -0.39 is 0 Å². The molecule has 0 N–H and O–H groups in total. The van der Waals surface area contributed by atoms with Crippen molar-refractivity contribution in [3.05, 3.63) is 53.3 Å². The summed E-state index contributed by atoms with van der Waals surface area (Å²) in [6, 6.07) is 11.1. The predicted octanol–water partition coefficient (Wildman–Crippen LogP) is 6.14. The zero-order valence-corrected chi connectivity index (χ0v) is 14.4. The lowest BCUT2D eigenvalue weighted by molar-refractivity contribution is 0.414. The summed E-state index contributed by atoms with van der Waals surface area (Å²) in [4.78, 5) is 0. The van der Waals surface area contributed by atoms with Gasteiger partial charge in [-0.1, -0.05) is 38.0 Å². The van der Waals surface area contributed by atoms with Crippen LogP contribution in [0.15, 0.2) is 36.4 Å². The van der Waals surface area contributed by atoms with Gasteiger partial charge < -0.3 is 4.74 Å². The topological polar surface area (TPSA) is 9.23 Å². The van der Waals surface area contributed by atoms with Gasteiger partial charge in [-0.05, 0) is 53.1 Å². The second-order valence-electron chi connectivity index (χ2n) is 6.42. The van der Waals surface area contributed by atoms with Crippen molar-refractivity contribution in [2.24, 2.45) is 5.92 Å². The summed E-state index contributed by atoms with van der Waals surface area (Å²) < 4.78 is 19.7. The normalized spacial score (nSPS) is 20.7. The summed E-state index contributed by atoms with van der Waals surface area (Å²) >= 11 is 6.03. The zero-order chi connectivity index (χ0) is 16.4. The molecule has 1 fully saturated rings. The zero-order valence-electron chi connectivity index (χ0n) is 13.6. The summed E-state index contributed by atoms with van der Waals surface area (Å²) in [5, 5.41) is 0. The smallest absolute Gasteiger partial charge is 0.131 e. The van der Waals surface area contributed by atoms with E-state index >= 15 is 0 Å². The number of hydrogen-bond donors (Lipinski definition) is 0. The second kappa shape index (κ2) is 6.92. The van der Waals surface area contributed by atoms with E-state index in [1.807, 2.05) is 12.1 Å². The van der Waals surface area contributed by atoms with Gasteiger partial charge in [0, 0.05) is 11.4 Å². The van der Waals surface area contributed by atoms with Gasteiger partial charge in [0.25, 0.3) is 0 Å². The minimum atomic E-state index is -0.212. The monoisotopic (exact) mass is 332 g/mol. The third-order valence-corrected chi connectivity index (χ3v) is 5.30. The Kier molecular flexibility index (Phi) is 4.91. The van der Waals surface area contributed by atoms with Gasteiger partial charge in [-0.3, -0.25) is 0 Å². The molecule has 3 heteroatoms. The molecule has 0 radical (unpaired) electrons. The third-order valence-electron chi connectivity index (χ3n) is 4.99. The molecule has 122 valence electrons. The number of alkyl halides is 1. The van der Waals surface area contributed by atoms with E-state index in [-0.39, 0.29) is 5.82 Å². The lowest BCUT2D eigenvalue weighted by Gasteiger charge is -2.21. The number of halogens is 2. The summed E-state index contributed by atoms with van der Waals surface area (Å²) in [5.41, 5.74) is 3.89. The fraction of sp³-hybridized carbons (Fsp3) is 0.400. The first-order valence-electron chi connectivity index (χ1n) is 8.16. The number of benzene rings is 2. The van der Waals surface area contributed by atoms with Crippen molar-refractivity contribution in [2.45, 2.75) is 38.0 Å². The van der Waals surface area contributed by atoms with Gasteiger partial charge in [0.15, 0.2) is 0 Å². The van der Waals surface area contributed by atoms with E-state index in [1.54, 1.807) is 19.2 Å². The van der Waals surface area contributed by atoms with E-state index in [9.17, 15) is 4.39 Å². The maximum Gasteiger partial charge on any atom is 0.131 e. The number of ether oxygens (including phenoxy) is 1. The molecule has 2 aromatic rings. The average molecular weight is 333 g/mol. The predicted molar refractivity (Wildman–Crippen MR) is 93.7 cm³/mol. The molecule has 0 spiro atoms. The van der Waals surface area contributed by atoms with Gasteiger partial charge in [-0.25, -0.2) is 4.39 Å². The molecular formula is C20H22ClFO. The van der Waals surface area contributed by atoms with Crippen LogP contribution >= 0.6 is 11.6 Å². The van der Waals surface area contributed by atoms with Crippen LogP contribution in [0.2, 0.25) is 0 Å².